The number of nitrogens with zero attached hydrogens (tertiary/aromatic N) is 2. The maximum absolute atomic E-state index is 12.9. The Morgan fingerprint density at radius 2 is 2.00 bits per heavy atom. The van der Waals surface area contributed by atoms with Crippen molar-refractivity contribution in [3.05, 3.63) is 35.9 Å². The molecule has 1 N–H and O–H groups in total. The van der Waals surface area contributed by atoms with E-state index in [4.69, 9.17) is 0 Å². The lowest BCUT2D eigenvalue weighted by Crippen LogP contribution is -2.34. The molecule has 1 aliphatic rings. The molecule has 0 radical (unpaired) electrons. The summed E-state index contributed by atoms with van der Waals surface area (Å²) in [6.07, 6.45) is -3.39. The van der Waals surface area contributed by atoms with Crippen molar-refractivity contribution in [2.45, 2.75) is 42.0 Å². The largest absolute Gasteiger partial charge is 0.391 e. The quantitative estimate of drug-likeness (QED) is 0.557. The molecule has 0 saturated heterocycles. The van der Waals surface area contributed by atoms with Crippen LogP contribution < -0.4 is 5.32 Å². The highest BCUT2D eigenvalue weighted by molar-refractivity contribution is 8.00. The number of alkyl halides is 3. The van der Waals surface area contributed by atoms with E-state index in [2.05, 4.69) is 15.5 Å². The lowest BCUT2D eigenvalue weighted by molar-refractivity contribution is -0.185. The van der Waals surface area contributed by atoms with Crippen molar-refractivity contribution in [2.24, 2.45) is 11.8 Å². The Kier molecular flexibility index (Phi) is 6.18. The van der Waals surface area contributed by atoms with Crippen molar-refractivity contribution in [1.82, 2.24) is 10.2 Å². The summed E-state index contributed by atoms with van der Waals surface area (Å²) in [5.41, 5.74) is 1.15. The van der Waals surface area contributed by atoms with Crippen LogP contribution in [-0.4, -0.2) is 22.3 Å². The molecule has 1 saturated carbocycles. The van der Waals surface area contributed by atoms with Gasteiger partial charge in [-0.05, 0) is 24.8 Å². The number of rotatable bonds is 5. The Bertz CT molecular complexity index is 736. The van der Waals surface area contributed by atoms with Crippen LogP contribution in [0.5, 0.6) is 0 Å². The monoisotopic (exact) mass is 401 g/mol. The molecule has 2 aromatic rings. The summed E-state index contributed by atoms with van der Waals surface area (Å²) < 4.78 is 39.3. The van der Waals surface area contributed by atoms with Crippen LogP contribution in [0, 0.1) is 11.8 Å². The predicted molar refractivity (Wildman–Crippen MR) is 96.0 cm³/mol. The molecule has 26 heavy (non-hydrogen) atoms. The SMILES string of the molecule is O=C(Nc1nnc(SCc2ccccc2)s1)[C@@H]1CCC[C@@H](C(F)(F)F)C1. The zero-order valence-electron chi connectivity index (χ0n) is 13.8. The van der Waals surface area contributed by atoms with Crippen molar-refractivity contribution < 1.29 is 18.0 Å². The van der Waals surface area contributed by atoms with Gasteiger partial charge in [0, 0.05) is 11.7 Å². The van der Waals surface area contributed by atoms with Gasteiger partial charge < -0.3 is 5.32 Å². The topological polar surface area (TPSA) is 54.9 Å². The minimum absolute atomic E-state index is 0.104. The van der Waals surface area contributed by atoms with Gasteiger partial charge in [-0.1, -0.05) is 59.9 Å². The first kappa shape index (κ1) is 19.2. The molecule has 140 valence electrons. The minimum atomic E-state index is -4.23. The van der Waals surface area contributed by atoms with Crippen LogP contribution in [0.1, 0.15) is 31.2 Å². The van der Waals surface area contributed by atoms with Crippen LogP contribution in [0.15, 0.2) is 34.7 Å². The van der Waals surface area contributed by atoms with E-state index >= 15 is 0 Å². The molecule has 1 heterocycles. The highest BCUT2D eigenvalue weighted by Crippen LogP contribution is 2.40. The Morgan fingerprint density at radius 1 is 1.23 bits per heavy atom. The molecule has 4 nitrogen and oxygen atoms in total. The van der Waals surface area contributed by atoms with E-state index in [0.717, 1.165) is 11.3 Å². The molecule has 9 heteroatoms. The van der Waals surface area contributed by atoms with Crippen LogP contribution in [0.2, 0.25) is 0 Å². The average Bonchev–Trinajstić information content (AvgIpc) is 3.07. The minimum Gasteiger partial charge on any atom is -0.300 e. The van der Waals surface area contributed by atoms with Crippen molar-refractivity contribution in [3.8, 4) is 0 Å². The first-order chi connectivity index (χ1) is 12.4. The average molecular weight is 401 g/mol. The second kappa shape index (κ2) is 8.39. The Morgan fingerprint density at radius 3 is 2.73 bits per heavy atom. The number of halogens is 3. The number of carbonyl (C=O) groups excluding carboxylic acids is 1. The van der Waals surface area contributed by atoms with Crippen LogP contribution in [0.3, 0.4) is 0 Å². The molecular weight excluding hydrogens is 383 g/mol. The second-order valence-corrected chi connectivity index (χ2v) is 8.44. The van der Waals surface area contributed by atoms with Gasteiger partial charge in [0.05, 0.1) is 5.92 Å². The summed E-state index contributed by atoms with van der Waals surface area (Å²) in [6, 6.07) is 9.88. The fourth-order valence-corrected chi connectivity index (χ4v) is 4.68. The Labute approximate surface area is 157 Å². The van der Waals surface area contributed by atoms with Crippen LogP contribution in [0.4, 0.5) is 18.3 Å². The number of aromatic nitrogens is 2. The Hall–Kier alpha value is -1.61. The van der Waals surface area contributed by atoms with Crippen molar-refractivity contribution in [2.75, 3.05) is 5.32 Å². The number of hydrogen-bond donors (Lipinski definition) is 1. The van der Waals surface area contributed by atoms with Crippen molar-refractivity contribution in [3.63, 3.8) is 0 Å². The summed E-state index contributed by atoms with van der Waals surface area (Å²) in [5.74, 6) is -1.67. The van der Waals surface area contributed by atoms with Gasteiger partial charge in [-0.25, -0.2) is 0 Å². The molecule has 0 bridgehead atoms. The van der Waals surface area contributed by atoms with Gasteiger partial charge in [0.2, 0.25) is 11.0 Å². The molecular formula is C17H18F3N3OS2. The molecule has 3 rings (SSSR count). The summed E-state index contributed by atoms with van der Waals surface area (Å²) in [4.78, 5) is 12.3. The molecule has 1 fully saturated rings. The number of anilines is 1. The third-order valence-corrected chi connectivity index (χ3v) is 6.39. The Balaban J connectivity index is 1.52. The number of amides is 1. The molecule has 2 atom stereocenters. The number of nitrogens with one attached hydrogen (secondary N) is 1. The van der Waals surface area contributed by atoms with Gasteiger partial charge in [0.25, 0.3) is 0 Å². The lowest BCUT2D eigenvalue weighted by Gasteiger charge is -2.29. The second-order valence-electron chi connectivity index (χ2n) is 6.24. The first-order valence-corrected chi connectivity index (χ1v) is 10.1. The fourth-order valence-electron chi connectivity index (χ4n) is 2.97. The van der Waals surface area contributed by atoms with E-state index in [-0.39, 0.29) is 12.8 Å². The third-order valence-electron chi connectivity index (χ3n) is 4.35. The molecule has 1 aromatic heterocycles. The number of carbonyl (C=O) groups is 1. The van der Waals surface area contributed by atoms with E-state index in [1.807, 2.05) is 30.3 Å². The highest BCUT2D eigenvalue weighted by Gasteiger charge is 2.43. The van der Waals surface area contributed by atoms with Crippen LogP contribution in [0.25, 0.3) is 0 Å². The summed E-state index contributed by atoms with van der Waals surface area (Å²) in [6.45, 7) is 0. The normalized spacial score (nSPS) is 20.7. The lowest BCUT2D eigenvalue weighted by atomic mass is 9.80. The van der Waals surface area contributed by atoms with E-state index in [1.165, 1.54) is 23.1 Å². The van der Waals surface area contributed by atoms with E-state index < -0.39 is 23.9 Å². The van der Waals surface area contributed by atoms with Gasteiger partial charge in [0.1, 0.15) is 0 Å². The standard InChI is InChI=1S/C17H18F3N3OS2/c18-17(19,20)13-8-4-7-12(9-13)14(24)21-15-22-23-16(26-15)25-10-11-5-2-1-3-6-11/h1-3,5-6,12-13H,4,7-10H2,(H,21,22,24)/t12-,13-/m1/s1. The third kappa shape index (κ3) is 5.20. The van der Waals surface area contributed by atoms with Gasteiger partial charge in [-0.15, -0.1) is 10.2 Å². The van der Waals surface area contributed by atoms with Gasteiger partial charge in [-0.3, -0.25) is 4.79 Å². The molecule has 0 aliphatic heterocycles. The zero-order valence-corrected chi connectivity index (χ0v) is 15.5. The summed E-state index contributed by atoms with van der Waals surface area (Å²) in [7, 11) is 0. The zero-order chi connectivity index (χ0) is 18.6. The fraction of sp³-hybridized carbons (Fsp3) is 0.471. The summed E-state index contributed by atoms with van der Waals surface area (Å²) in [5, 5.41) is 10.9. The molecule has 0 spiro atoms. The number of benzene rings is 1. The van der Waals surface area contributed by atoms with E-state index in [9.17, 15) is 18.0 Å². The maximum Gasteiger partial charge on any atom is 0.391 e. The van der Waals surface area contributed by atoms with Crippen LogP contribution >= 0.6 is 23.1 Å². The predicted octanol–water partition coefficient (Wildman–Crippen LogP) is 5.14. The van der Waals surface area contributed by atoms with Gasteiger partial charge >= 0.3 is 6.18 Å². The highest BCUT2D eigenvalue weighted by atomic mass is 32.2. The first-order valence-electron chi connectivity index (χ1n) is 8.29. The molecule has 1 amide bonds. The summed E-state index contributed by atoms with van der Waals surface area (Å²) >= 11 is 2.74. The smallest absolute Gasteiger partial charge is 0.300 e. The van der Waals surface area contributed by atoms with E-state index in [1.54, 1.807) is 0 Å². The van der Waals surface area contributed by atoms with E-state index in [0.29, 0.717) is 22.3 Å². The van der Waals surface area contributed by atoms with Crippen LogP contribution in [-0.2, 0) is 10.5 Å². The van der Waals surface area contributed by atoms with Gasteiger partial charge in [0.15, 0.2) is 4.34 Å². The molecule has 1 aromatic carbocycles. The maximum atomic E-state index is 12.9. The number of thioether (sulfide) groups is 1. The van der Waals surface area contributed by atoms with Crippen molar-refractivity contribution in [1.29, 1.82) is 0 Å². The number of hydrogen-bond acceptors (Lipinski definition) is 5. The van der Waals surface area contributed by atoms with Crippen molar-refractivity contribution >= 4 is 34.1 Å². The van der Waals surface area contributed by atoms with Gasteiger partial charge in [-0.2, -0.15) is 13.2 Å². The molecule has 0 unspecified atom stereocenters. The molecule has 1 aliphatic carbocycles.